The molecule has 1 heterocycles. The second-order valence-corrected chi connectivity index (χ2v) is 4.73. The van der Waals surface area contributed by atoms with Gasteiger partial charge in [-0.1, -0.05) is 13.0 Å². The second kappa shape index (κ2) is 6.69. The van der Waals surface area contributed by atoms with Crippen LogP contribution in [0.4, 0.5) is 0 Å². The van der Waals surface area contributed by atoms with Crippen molar-refractivity contribution in [1.82, 2.24) is 4.98 Å². The fourth-order valence-corrected chi connectivity index (χ4v) is 2.03. The van der Waals surface area contributed by atoms with Gasteiger partial charge in [0.25, 0.3) is 0 Å². The zero-order valence-corrected chi connectivity index (χ0v) is 9.96. The first-order chi connectivity index (χ1) is 7.26. The summed E-state index contributed by atoms with van der Waals surface area (Å²) in [5.41, 5.74) is 1.02. The highest BCUT2D eigenvalue weighted by Gasteiger charge is 2.03. The molecule has 1 aromatic heterocycles. The molecule has 0 bridgehead atoms. The number of methoxy groups -OCH3 is 1. The number of hydrogen-bond acceptors (Lipinski definition) is 4. The molecule has 0 spiro atoms. The van der Waals surface area contributed by atoms with Gasteiger partial charge in [-0.25, -0.2) is 4.98 Å². The summed E-state index contributed by atoms with van der Waals surface area (Å²) < 4.78 is 5.05. The van der Waals surface area contributed by atoms with Gasteiger partial charge < -0.3 is 9.84 Å². The molecule has 0 amide bonds. The SMILES string of the molecule is COc1cccc(CSC(C)CCO)n1. The summed E-state index contributed by atoms with van der Waals surface area (Å²) in [4.78, 5) is 4.32. The lowest BCUT2D eigenvalue weighted by Crippen LogP contribution is -2.00. The highest BCUT2D eigenvalue weighted by atomic mass is 32.2. The van der Waals surface area contributed by atoms with Crippen LogP contribution in [0.25, 0.3) is 0 Å². The summed E-state index contributed by atoms with van der Waals surface area (Å²) in [5.74, 6) is 1.51. The summed E-state index contributed by atoms with van der Waals surface area (Å²) in [7, 11) is 1.62. The molecule has 1 unspecified atom stereocenters. The first kappa shape index (κ1) is 12.3. The van der Waals surface area contributed by atoms with Crippen LogP contribution in [0.15, 0.2) is 18.2 Å². The molecule has 0 aliphatic rings. The van der Waals surface area contributed by atoms with E-state index in [9.17, 15) is 0 Å². The number of aliphatic hydroxyl groups is 1. The predicted octanol–water partition coefficient (Wildman–Crippen LogP) is 2.09. The minimum absolute atomic E-state index is 0.250. The number of rotatable bonds is 6. The molecule has 0 fully saturated rings. The molecule has 0 saturated heterocycles. The third kappa shape index (κ3) is 4.53. The predicted molar refractivity (Wildman–Crippen MR) is 63.2 cm³/mol. The van der Waals surface area contributed by atoms with Crippen molar-refractivity contribution < 1.29 is 9.84 Å². The Hall–Kier alpha value is -0.740. The second-order valence-electron chi connectivity index (χ2n) is 3.31. The Balaban J connectivity index is 2.43. The number of pyridine rings is 1. The van der Waals surface area contributed by atoms with Crippen LogP contribution in [0.3, 0.4) is 0 Å². The number of hydrogen-bond donors (Lipinski definition) is 1. The van der Waals surface area contributed by atoms with E-state index >= 15 is 0 Å². The number of aromatic nitrogens is 1. The normalized spacial score (nSPS) is 12.5. The van der Waals surface area contributed by atoms with Gasteiger partial charge in [0.2, 0.25) is 5.88 Å². The van der Waals surface area contributed by atoms with Crippen LogP contribution in [0.1, 0.15) is 19.0 Å². The average Bonchev–Trinajstić information content (AvgIpc) is 2.27. The molecule has 0 aliphatic carbocycles. The van der Waals surface area contributed by atoms with E-state index in [0.29, 0.717) is 11.1 Å². The Labute approximate surface area is 94.9 Å². The van der Waals surface area contributed by atoms with E-state index in [1.807, 2.05) is 18.2 Å². The van der Waals surface area contributed by atoms with Crippen LogP contribution >= 0.6 is 11.8 Å². The zero-order valence-electron chi connectivity index (χ0n) is 9.14. The molecule has 0 aliphatic heterocycles. The molecule has 3 nitrogen and oxygen atoms in total. The van der Waals surface area contributed by atoms with Crippen molar-refractivity contribution in [1.29, 1.82) is 0 Å². The van der Waals surface area contributed by atoms with Gasteiger partial charge in [-0.05, 0) is 12.5 Å². The molecule has 0 saturated carbocycles. The average molecular weight is 227 g/mol. The Kier molecular flexibility index (Phi) is 5.50. The molecule has 15 heavy (non-hydrogen) atoms. The Morgan fingerprint density at radius 3 is 3.00 bits per heavy atom. The summed E-state index contributed by atoms with van der Waals surface area (Å²) in [5, 5.41) is 9.23. The molecule has 0 aromatic carbocycles. The quantitative estimate of drug-likeness (QED) is 0.808. The van der Waals surface area contributed by atoms with E-state index in [1.54, 1.807) is 18.9 Å². The molecular formula is C11H17NO2S. The number of thioether (sulfide) groups is 1. The van der Waals surface area contributed by atoms with Gasteiger partial charge in [-0.15, -0.1) is 0 Å². The first-order valence-electron chi connectivity index (χ1n) is 4.98. The lowest BCUT2D eigenvalue weighted by atomic mass is 10.3. The first-order valence-corrected chi connectivity index (χ1v) is 6.03. The molecule has 1 rings (SSSR count). The standard InChI is InChI=1S/C11H17NO2S/c1-9(6-7-13)15-8-10-4-3-5-11(12-10)14-2/h3-5,9,13H,6-8H2,1-2H3. The molecular weight excluding hydrogens is 210 g/mol. The van der Waals surface area contributed by atoms with E-state index in [2.05, 4.69) is 11.9 Å². The van der Waals surface area contributed by atoms with Crippen LogP contribution in [0.5, 0.6) is 5.88 Å². The van der Waals surface area contributed by atoms with E-state index in [-0.39, 0.29) is 6.61 Å². The van der Waals surface area contributed by atoms with Crippen molar-refractivity contribution in [3.8, 4) is 5.88 Å². The highest BCUT2D eigenvalue weighted by molar-refractivity contribution is 7.99. The maximum Gasteiger partial charge on any atom is 0.213 e. The van der Waals surface area contributed by atoms with Crippen LogP contribution in [-0.4, -0.2) is 29.1 Å². The maximum atomic E-state index is 8.77. The van der Waals surface area contributed by atoms with Crippen molar-refractivity contribution >= 4 is 11.8 Å². The lowest BCUT2D eigenvalue weighted by Gasteiger charge is -2.09. The van der Waals surface area contributed by atoms with Crippen molar-refractivity contribution in [2.24, 2.45) is 0 Å². The smallest absolute Gasteiger partial charge is 0.213 e. The minimum Gasteiger partial charge on any atom is -0.481 e. The minimum atomic E-state index is 0.250. The van der Waals surface area contributed by atoms with E-state index in [1.165, 1.54) is 0 Å². The monoisotopic (exact) mass is 227 g/mol. The van der Waals surface area contributed by atoms with E-state index < -0.39 is 0 Å². The Bertz CT molecular complexity index is 294. The summed E-state index contributed by atoms with van der Waals surface area (Å²) in [6.07, 6.45) is 0.828. The molecule has 1 N–H and O–H groups in total. The van der Waals surface area contributed by atoms with Gasteiger partial charge in [0, 0.05) is 23.7 Å². The topological polar surface area (TPSA) is 42.4 Å². The fraction of sp³-hybridized carbons (Fsp3) is 0.545. The van der Waals surface area contributed by atoms with Gasteiger partial charge in [0.1, 0.15) is 0 Å². The molecule has 1 aromatic rings. The van der Waals surface area contributed by atoms with Gasteiger partial charge in [0.15, 0.2) is 0 Å². The molecule has 0 radical (unpaired) electrons. The molecule has 4 heteroatoms. The highest BCUT2D eigenvalue weighted by Crippen LogP contribution is 2.19. The van der Waals surface area contributed by atoms with Crippen LogP contribution < -0.4 is 4.74 Å². The third-order valence-corrected chi connectivity index (χ3v) is 3.31. The maximum absolute atomic E-state index is 8.77. The van der Waals surface area contributed by atoms with Crippen LogP contribution in [0.2, 0.25) is 0 Å². The summed E-state index contributed by atoms with van der Waals surface area (Å²) >= 11 is 1.80. The van der Waals surface area contributed by atoms with Crippen molar-refractivity contribution in [3.05, 3.63) is 23.9 Å². The number of aliphatic hydroxyl groups excluding tert-OH is 1. The number of nitrogens with zero attached hydrogens (tertiary/aromatic N) is 1. The Morgan fingerprint density at radius 1 is 1.53 bits per heavy atom. The van der Waals surface area contributed by atoms with Gasteiger partial charge in [0.05, 0.1) is 12.8 Å². The van der Waals surface area contributed by atoms with Crippen LogP contribution in [0, 0.1) is 0 Å². The summed E-state index contributed by atoms with van der Waals surface area (Å²) in [6, 6.07) is 5.77. The fourth-order valence-electron chi connectivity index (χ4n) is 1.14. The van der Waals surface area contributed by atoms with Gasteiger partial charge >= 0.3 is 0 Å². The van der Waals surface area contributed by atoms with Crippen LogP contribution in [-0.2, 0) is 5.75 Å². The zero-order chi connectivity index (χ0) is 11.1. The van der Waals surface area contributed by atoms with E-state index in [4.69, 9.17) is 9.84 Å². The molecule has 84 valence electrons. The van der Waals surface area contributed by atoms with Crippen molar-refractivity contribution in [3.63, 3.8) is 0 Å². The molecule has 1 atom stereocenters. The third-order valence-electron chi connectivity index (χ3n) is 2.04. The largest absolute Gasteiger partial charge is 0.481 e. The van der Waals surface area contributed by atoms with Gasteiger partial charge in [-0.2, -0.15) is 11.8 Å². The Morgan fingerprint density at radius 2 is 2.33 bits per heavy atom. The van der Waals surface area contributed by atoms with E-state index in [0.717, 1.165) is 17.9 Å². The van der Waals surface area contributed by atoms with Crippen molar-refractivity contribution in [2.75, 3.05) is 13.7 Å². The van der Waals surface area contributed by atoms with Crippen molar-refractivity contribution in [2.45, 2.75) is 24.3 Å². The summed E-state index contributed by atoms with van der Waals surface area (Å²) in [6.45, 7) is 2.36. The lowest BCUT2D eigenvalue weighted by molar-refractivity contribution is 0.289. The van der Waals surface area contributed by atoms with Gasteiger partial charge in [-0.3, -0.25) is 0 Å². The number of ether oxygens (including phenoxy) is 1.